The van der Waals surface area contributed by atoms with Gasteiger partial charge in [0.25, 0.3) is 5.91 Å². The Morgan fingerprint density at radius 1 is 1.09 bits per heavy atom. The first-order valence-electron chi connectivity index (χ1n) is 13.1. The molecule has 0 bridgehead atoms. The molecule has 1 aromatic carbocycles. The molecular weight excluding hydrogens is 440 g/mol. The summed E-state index contributed by atoms with van der Waals surface area (Å²) in [6, 6.07) is 6.44. The van der Waals surface area contributed by atoms with Gasteiger partial charge in [0, 0.05) is 74.7 Å². The van der Waals surface area contributed by atoms with Crippen LogP contribution in [0.25, 0.3) is 0 Å². The van der Waals surface area contributed by atoms with Crippen molar-refractivity contribution in [2.45, 2.75) is 39.2 Å². The summed E-state index contributed by atoms with van der Waals surface area (Å²) >= 11 is 0. The van der Waals surface area contributed by atoms with E-state index in [-0.39, 0.29) is 18.4 Å². The maximum atomic E-state index is 13.3. The van der Waals surface area contributed by atoms with Crippen LogP contribution >= 0.6 is 0 Å². The SMILES string of the molecule is Cc1cccc(N2CCN(C(=O)Cn3nc(C(=O)N4CC5(CNC5)C4)c4c3C[C@H]3C[C@@H]43)CC2)c1C. The van der Waals surface area contributed by atoms with E-state index in [0.29, 0.717) is 22.9 Å². The van der Waals surface area contributed by atoms with Crippen molar-refractivity contribution in [3.63, 3.8) is 0 Å². The van der Waals surface area contributed by atoms with Gasteiger partial charge in [-0.05, 0) is 55.7 Å². The quantitative estimate of drug-likeness (QED) is 0.728. The van der Waals surface area contributed by atoms with E-state index < -0.39 is 0 Å². The first kappa shape index (κ1) is 21.4. The van der Waals surface area contributed by atoms with Crippen LogP contribution in [0, 0.1) is 25.2 Å². The van der Waals surface area contributed by atoms with Gasteiger partial charge in [0.2, 0.25) is 5.91 Å². The molecule has 5 aliphatic rings. The van der Waals surface area contributed by atoms with Crippen molar-refractivity contribution < 1.29 is 9.59 Å². The van der Waals surface area contributed by atoms with Crippen molar-refractivity contribution >= 4 is 17.5 Å². The smallest absolute Gasteiger partial charge is 0.274 e. The number of hydrogen-bond acceptors (Lipinski definition) is 5. The van der Waals surface area contributed by atoms with Crippen molar-refractivity contribution in [1.29, 1.82) is 0 Å². The molecule has 2 atom stereocenters. The number of aryl methyl sites for hydroxylation is 1. The van der Waals surface area contributed by atoms with Crippen LogP contribution in [-0.2, 0) is 17.8 Å². The number of fused-ring (bicyclic) bond motifs is 3. The number of nitrogens with zero attached hydrogens (tertiary/aromatic N) is 5. The predicted octanol–water partition coefficient (Wildman–Crippen LogP) is 1.55. The number of anilines is 1. The molecule has 2 amide bonds. The molecule has 2 aromatic rings. The molecule has 184 valence electrons. The highest BCUT2D eigenvalue weighted by Crippen LogP contribution is 2.57. The van der Waals surface area contributed by atoms with Gasteiger partial charge < -0.3 is 20.0 Å². The molecule has 1 spiro atoms. The number of carbonyl (C=O) groups is 2. The monoisotopic (exact) mass is 474 g/mol. The third kappa shape index (κ3) is 3.33. The fourth-order valence-corrected chi connectivity index (χ4v) is 6.74. The van der Waals surface area contributed by atoms with Gasteiger partial charge in [-0.1, -0.05) is 12.1 Å². The van der Waals surface area contributed by atoms with Crippen molar-refractivity contribution in [1.82, 2.24) is 24.9 Å². The van der Waals surface area contributed by atoms with Crippen LogP contribution < -0.4 is 10.2 Å². The molecule has 1 saturated carbocycles. The molecule has 1 N–H and O–H groups in total. The topological polar surface area (TPSA) is 73.7 Å². The number of nitrogens with one attached hydrogen (secondary N) is 1. The maximum absolute atomic E-state index is 13.3. The second kappa shape index (κ2) is 7.56. The Morgan fingerprint density at radius 2 is 1.86 bits per heavy atom. The molecule has 4 heterocycles. The zero-order chi connectivity index (χ0) is 23.9. The normalized spacial score (nSPS) is 25.7. The molecule has 7 rings (SSSR count). The van der Waals surface area contributed by atoms with Crippen molar-refractivity contribution in [2.24, 2.45) is 11.3 Å². The van der Waals surface area contributed by atoms with Gasteiger partial charge in [-0.2, -0.15) is 5.10 Å². The van der Waals surface area contributed by atoms with Gasteiger partial charge in [-0.3, -0.25) is 14.3 Å². The lowest BCUT2D eigenvalue weighted by atomic mass is 9.74. The van der Waals surface area contributed by atoms with Crippen LogP contribution in [0.3, 0.4) is 0 Å². The molecule has 4 fully saturated rings. The second-order valence-electron chi connectivity index (χ2n) is 11.5. The number of aromatic nitrogens is 2. The maximum Gasteiger partial charge on any atom is 0.274 e. The van der Waals surface area contributed by atoms with Crippen LogP contribution in [0.1, 0.15) is 45.2 Å². The Bertz CT molecular complexity index is 1210. The average Bonchev–Trinajstić information content (AvgIpc) is 3.32. The van der Waals surface area contributed by atoms with E-state index >= 15 is 0 Å². The molecule has 1 aromatic heterocycles. The van der Waals surface area contributed by atoms with E-state index in [4.69, 9.17) is 5.10 Å². The van der Waals surface area contributed by atoms with Gasteiger partial charge in [0.1, 0.15) is 6.54 Å². The standard InChI is InChI=1S/C27H34N6O2/c1-17-4-3-5-21(18(17)2)30-6-8-31(9-7-30)23(34)12-33-22-11-19-10-20(19)24(22)25(29-33)26(35)32-15-27(16-32)13-28-14-27/h3-5,19-20,28H,6-16H2,1-2H3/t19-,20-/m1/s1. The summed E-state index contributed by atoms with van der Waals surface area (Å²) < 4.78 is 1.87. The molecular formula is C27H34N6O2. The number of benzene rings is 1. The van der Waals surface area contributed by atoms with Gasteiger partial charge in [-0.15, -0.1) is 0 Å². The van der Waals surface area contributed by atoms with Crippen LogP contribution in [-0.4, -0.2) is 83.8 Å². The van der Waals surface area contributed by atoms with E-state index in [1.807, 2.05) is 14.5 Å². The highest BCUT2D eigenvalue weighted by molar-refractivity contribution is 5.95. The number of amides is 2. The first-order valence-corrected chi connectivity index (χ1v) is 13.1. The minimum absolute atomic E-state index is 0.0691. The Morgan fingerprint density at radius 3 is 2.57 bits per heavy atom. The van der Waals surface area contributed by atoms with Gasteiger partial charge >= 0.3 is 0 Å². The summed E-state index contributed by atoms with van der Waals surface area (Å²) in [6.45, 7) is 11.4. The number of piperazine rings is 1. The van der Waals surface area contributed by atoms with Gasteiger partial charge in [-0.25, -0.2) is 0 Å². The zero-order valence-electron chi connectivity index (χ0n) is 20.7. The van der Waals surface area contributed by atoms with Crippen molar-refractivity contribution in [3.05, 3.63) is 46.3 Å². The summed E-state index contributed by atoms with van der Waals surface area (Å²) in [5.41, 5.74) is 7.11. The van der Waals surface area contributed by atoms with E-state index in [0.717, 1.165) is 70.0 Å². The number of likely N-dealkylation sites (tertiary alicyclic amines) is 1. The Kier molecular flexibility index (Phi) is 4.63. The Hall–Kier alpha value is -2.87. The van der Waals surface area contributed by atoms with E-state index in [9.17, 15) is 9.59 Å². The van der Waals surface area contributed by atoms with Crippen LogP contribution in [0.15, 0.2) is 18.2 Å². The third-order valence-electron chi connectivity index (χ3n) is 9.22. The number of rotatable bonds is 4. The first-order chi connectivity index (χ1) is 16.9. The molecule has 0 radical (unpaired) electrons. The second-order valence-corrected chi connectivity index (χ2v) is 11.5. The number of carbonyl (C=O) groups excluding carboxylic acids is 2. The molecule has 2 aliphatic carbocycles. The highest BCUT2D eigenvalue weighted by Gasteiger charge is 2.53. The summed E-state index contributed by atoms with van der Waals surface area (Å²) in [7, 11) is 0. The molecule has 8 nitrogen and oxygen atoms in total. The third-order valence-corrected chi connectivity index (χ3v) is 9.22. The molecule has 0 unspecified atom stereocenters. The van der Waals surface area contributed by atoms with Crippen LogP contribution in [0.2, 0.25) is 0 Å². The van der Waals surface area contributed by atoms with Gasteiger partial charge in [0.05, 0.1) is 0 Å². The zero-order valence-corrected chi connectivity index (χ0v) is 20.7. The van der Waals surface area contributed by atoms with Gasteiger partial charge in [0.15, 0.2) is 5.69 Å². The highest BCUT2D eigenvalue weighted by atomic mass is 16.2. The number of hydrogen-bond donors (Lipinski definition) is 1. The minimum atomic E-state index is 0.0691. The summed E-state index contributed by atoms with van der Waals surface area (Å²) in [6.07, 6.45) is 2.13. The van der Waals surface area contributed by atoms with Crippen LogP contribution in [0.5, 0.6) is 0 Å². The Labute approximate surface area is 206 Å². The summed E-state index contributed by atoms with van der Waals surface area (Å²) in [4.78, 5) is 32.9. The fraction of sp³-hybridized carbons (Fsp3) is 0.593. The van der Waals surface area contributed by atoms with Crippen LogP contribution in [0.4, 0.5) is 5.69 Å². The molecule has 8 heteroatoms. The van der Waals surface area contributed by atoms with E-state index in [1.165, 1.54) is 23.2 Å². The minimum Gasteiger partial charge on any atom is -0.368 e. The Balaban J connectivity index is 1.04. The molecule has 3 saturated heterocycles. The lowest BCUT2D eigenvalue weighted by molar-refractivity contribution is -0.132. The predicted molar refractivity (Wildman–Crippen MR) is 133 cm³/mol. The molecule has 3 aliphatic heterocycles. The summed E-state index contributed by atoms with van der Waals surface area (Å²) in [5, 5.41) is 8.10. The summed E-state index contributed by atoms with van der Waals surface area (Å²) in [5.74, 6) is 1.31. The van der Waals surface area contributed by atoms with Crippen molar-refractivity contribution in [2.75, 3.05) is 57.3 Å². The average molecular weight is 475 g/mol. The van der Waals surface area contributed by atoms with Crippen molar-refractivity contribution in [3.8, 4) is 0 Å². The lowest BCUT2D eigenvalue weighted by Gasteiger charge is -2.55. The van der Waals surface area contributed by atoms with E-state index in [2.05, 4.69) is 42.3 Å². The molecule has 35 heavy (non-hydrogen) atoms. The largest absolute Gasteiger partial charge is 0.368 e. The fourth-order valence-electron chi connectivity index (χ4n) is 6.74. The lowest BCUT2D eigenvalue weighted by Crippen LogP contribution is -2.72. The van der Waals surface area contributed by atoms with E-state index in [1.54, 1.807) is 0 Å².